The largest absolute Gasteiger partial charge is 0.379 e. The number of benzene rings is 1. The van der Waals surface area contributed by atoms with E-state index >= 15 is 0 Å². The molecule has 1 saturated heterocycles. The van der Waals surface area contributed by atoms with Gasteiger partial charge in [-0.15, -0.1) is 0 Å². The molecule has 1 aromatic heterocycles. The number of aromatic amines is 1. The molecule has 0 saturated carbocycles. The molecule has 21 heavy (non-hydrogen) atoms. The number of ether oxygens (including phenoxy) is 1. The smallest absolute Gasteiger partial charge is 0.0594 e. The number of morpholine rings is 1. The number of nitrogens with zero attached hydrogens (tertiary/aromatic N) is 2. The lowest BCUT2D eigenvalue weighted by Crippen LogP contribution is -2.35. The van der Waals surface area contributed by atoms with Crippen LogP contribution in [0.1, 0.15) is 11.3 Å². The average Bonchev–Trinajstić information content (AvgIpc) is 3.02. The molecule has 1 fully saturated rings. The number of anilines is 1. The first-order valence-electron chi connectivity index (χ1n) is 7.12. The van der Waals surface area contributed by atoms with Crippen molar-refractivity contribution in [1.82, 2.24) is 15.1 Å². The molecule has 3 rings (SSSR count). The lowest BCUT2D eigenvalue weighted by Gasteiger charge is -2.27. The van der Waals surface area contributed by atoms with Crippen molar-refractivity contribution in [2.45, 2.75) is 13.1 Å². The Bertz CT molecular complexity index is 567. The third kappa shape index (κ3) is 3.97. The standard InChI is InChI=1S/C15H19ClN4O/c16-15-9-13(17-10-14-3-4-18-19-14)2-1-12(15)11-20-5-7-21-8-6-20/h1-4,9,17H,5-8,10-11H2,(H,18,19). The van der Waals surface area contributed by atoms with E-state index < -0.39 is 0 Å². The van der Waals surface area contributed by atoms with E-state index in [-0.39, 0.29) is 0 Å². The van der Waals surface area contributed by atoms with Gasteiger partial charge in [-0.2, -0.15) is 5.10 Å². The quantitative estimate of drug-likeness (QED) is 0.891. The molecule has 0 aliphatic carbocycles. The Morgan fingerprint density at radius 1 is 1.29 bits per heavy atom. The second-order valence-electron chi connectivity index (χ2n) is 5.13. The third-order valence-electron chi connectivity index (χ3n) is 3.59. The van der Waals surface area contributed by atoms with Crippen molar-refractivity contribution in [2.75, 3.05) is 31.6 Å². The van der Waals surface area contributed by atoms with Gasteiger partial charge in [-0.3, -0.25) is 10.00 Å². The zero-order chi connectivity index (χ0) is 14.5. The monoisotopic (exact) mass is 306 g/mol. The molecular weight excluding hydrogens is 288 g/mol. The van der Waals surface area contributed by atoms with E-state index in [4.69, 9.17) is 16.3 Å². The molecule has 0 unspecified atom stereocenters. The number of hydrogen-bond acceptors (Lipinski definition) is 4. The SMILES string of the molecule is Clc1cc(NCc2ccn[nH]2)ccc1CN1CCOCC1. The molecule has 5 nitrogen and oxygen atoms in total. The summed E-state index contributed by atoms with van der Waals surface area (Å²) in [5.74, 6) is 0. The minimum atomic E-state index is 0.707. The molecule has 1 aromatic carbocycles. The van der Waals surface area contributed by atoms with Crippen LogP contribution in [0.25, 0.3) is 0 Å². The van der Waals surface area contributed by atoms with Gasteiger partial charge in [-0.1, -0.05) is 17.7 Å². The Morgan fingerprint density at radius 3 is 2.86 bits per heavy atom. The molecule has 6 heteroatoms. The minimum absolute atomic E-state index is 0.707. The predicted molar refractivity (Wildman–Crippen MR) is 83.5 cm³/mol. The number of nitrogens with one attached hydrogen (secondary N) is 2. The van der Waals surface area contributed by atoms with Crippen LogP contribution in [0.5, 0.6) is 0 Å². The number of H-pyrrole nitrogens is 1. The fraction of sp³-hybridized carbons (Fsp3) is 0.400. The molecule has 0 bridgehead atoms. The van der Waals surface area contributed by atoms with Gasteiger partial charge < -0.3 is 10.1 Å². The molecule has 2 heterocycles. The van der Waals surface area contributed by atoms with Crippen LogP contribution in [-0.2, 0) is 17.8 Å². The Balaban J connectivity index is 1.59. The molecule has 1 aliphatic heterocycles. The lowest BCUT2D eigenvalue weighted by atomic mass is 10.2. The van der Waals surface area contributed by atoms with Gasteiger partial charge in [0.05, 0.1) is 25.5 Å². The van der Waals surface area contributed by atoms with Gasteiger partial charge in [-0.25, -0.2) is 0 Å². The molecule has 0 amide bonds. The Morgan fingerprint density at radius 2 is 2.14 bits per heavy atom. The van der Waals surface area contributed by atoms with Crippen LogP contribution in [0.2, 0.25) is 5.02 Å². The van der Waals surface area contributed by atoms with Crippen LogP contribution in [0, 0.1) is 0 Å². The highest BCUT2D eigenvalue weighted by molar-refractivity contribution is 6.31. The van der Waals surface area contributed by atoms with Crippen molar-refractivity contribution in [1.29, 1.82) is 0 Å². The number of rotatable bonds is 5. The van der Waals surface area contributed by atoms with E-state index in [2.05, 4.69) is 32.5 Å². The first kappa shape index (κ1) is 14.4. The first-order chi connectivity index (χ1) is 10.3. The maximum absolute atomic E-state index is 6.39. The van der Waals surface area contributed by atoms with E-state index in [0.717, 1.165) is 54.8 Å². The van der Waals surface area contributed by atoms with Crippen molar-refractivity contribution in [3.05, 3.63) is 46.7 Å². The predicted octanol–water partition coefficient (Wildman–Crippen LogP) is 2.51. The van der Waals surface area contributed by atoms with Crippen molar-refractivity contribution in [3.8, 4) is 0 Å². The van der Waals surface area contributed by atoms with Crippen molar-refractivity contribution >= 4 is 17.3 Å². The average molecular weight is 307 g/mol. The molecular formula is C15H19ClN4O. The zero-order valence-electron chi connectivity index (χ0n) is 11.8. The first-order valence-corrected chi connectivity index (χ1v) is 7.50. The summed E-state index contributed by atoms with van der Waals surface area (Å²) in [6, 6.07) is 8.08. The summed E-state index contributed by atoms with van der Waals surface area (Å²) in [6.45, 7) is 5.14. The lowest BCUT2D eigenvalue weighted by molar-refractivity contribution is 0.0342. The van der Waals surface area contributed by atoms with E-state index in [1.807, 2.05) is 12.1 Å². The maximum Gasteiger partial charge on any atom is 0.0594 e. The summed E-state index contributed by atoms with van der Waals surface area (Å²) in [4.78, 5) is 2.36. The second-order valence-corrected chi connectivity index (χ2v) is 5.54. The molecule has 2 N–H and O–H groups in total. The Labute approximate surface area is 129 Å². The summed E-state index contributed by atoms with van der Waals surface area (Å²) in [7, 11) is 0. The number of aromatic nitrogens is 2. The van der Waals surface area contributed by atoms with Gasteiger partial charge in [0.15, 0.2) is 0 Å². The van der Waals surface area contributed by atoms with Gasteiger partial charge in [-0.05, 0) is 23.8 Å². The summed E-state index contributed by atoms with van der Waals surface area (Å²) < 4.78 is 5.36. The van der Waals surface area contributed by atoms with Gasteiger partial charge in [0.1, 0.15) is 0 Å². The van der Waals surface area contributed by atoms with Crippen LogP contribution < -0.4 is 5.32 Å². The van der Waals surface area contributed by atoms with E-state index in [1.54, 1.807) is 6.20 Å². The zero-order valence-corrected chi connectivity index (χ0v) is 12.6. The van der Waals surface area contributed by atoms with Crippen molar-refractivity contribution in [3.63, 3.8) is 0 Å². The Kier molecular flexibility index (Phi) is 4.75. The molecule has 0 radical (unpaired) electrons. The fourth-order valence-corrected chi connectivity index (χ4v) is 2.61. The molecule has 1 aliphatic rings. The summed E-state index contributed by atoms with van der Waals surface area (Å²) in [5.41, 5.74) is 3.22. The summed E-state index contributed by atoms with van der Waals surface area (Å²) in [6.07, 6.45) is 1.75. The molecule has 2 aromatic rings. The van der Waals surface area contributed by atoms with Gasteiger partial charge >= 0.3 is 0 Å². The Hall–Kier alpha value is -1.56. The highest BCUT2D eigenvalue weighted by Gasteiger charge is 2.12. The third-order valence-corrected chi connectivity index (χ3v) is 3.94. The van der Waals surface area contributed by atoms with Crippen LogP contribution >= 0.6 is 11.6 Å². The normalized spacial score (nSPS) is 16.0. The molecule has 0 atom stereocenters. The van der Waals surface area contributed by atoms with Crippen molar-refractivity contribution in [2.24, 2.45) is 0 Å². The van der Waals surface area contributed by atoms with Gasteiger partial charge in [0, 0.05) is 36.5 Å². The van der Waals surface area contributed by atoms with Crippen LogP contribution in [0.4, 0.5) is 5.69 Å². The van der Waals surface area contributed by atoms with E-state index in [0.29, 0.717) is 6.54 Å². The summed E-state index contributed by atoms with van der Waals surface area (Å²) in [5, 5.41) is 11.0. The van der Waals surface area contributed by atoms with E-state index in [9.17, 15) is 0 Å². The van der Waals surface area contributed by atoms with Gasteiger partial charge in [0.2, 0.25) is 0 Å². The highest BCUT2D eigenvalue weighted by Crippen LogP contribution is 2.23. The van der Waals surface area contributed by atoms with Crippen LogP contribution in [-0.4, -0.2) is 41.4 Å². The number of hydrogen-bond donors (Lipinski definition) is 2. The molecule has 112 valence electrons. The summed E-state index contributed by atoms with van der Waals surface area (Å²) >= 11 is 6.39. The molecule has 0 spiro atoms. The highest BCUT2D eigenvalue weighted by atomic mass is 35.5. The topological polar surface area (TPSA) is 53.2 Å². The van der Waals surface area contributed by atoms with Gasteiger partial charge in [0.25, 0.3) is 0 Å². The minimum Gasteiger partial charge on any atom is -0.379 e. The van der Waals surface area contributed by atoms with Crippen molar-refractivity contribution < 1.29 is 4.74 Å². The fourth-order valence-electron chi connectivity index (χ4n) is 2.37. The van der Waals surface area contributed by atoms with Crippen LogP contribution in [0.15, 0.2) is 30.5 Å². The van der Waals surface area contributed by atoms with Crippen LogP contribution in [0.3, 0.4) is 0 Å². The number of halogens is 1. The maximum atomic E-state index is 6.39. The van der Waals surface area contributed by atoms with E-state index in [1.165, 1.54) is 0 Å². The second kappa shape index (κ2) is 6.93.